The molecule has 0 aliphatic heterocycles. The van der Waals surface area contributed by atoms with Crippen molar-refractivity contribution in [3.05, 3.63) is 58.1 Å². The number of hydrogen-bond acceptors (Lipinski definition) is 4. The number of alkyl halides is 3. The second-order valence-electron chi connectivity index (χ2n) is 5.15. The fraction of sp³-hybridized carbons (Fsp3) is 0.176. The Balaban J connectivity index is 1.77. The van der Waals surface area contributed by atoms with E-state index in [4.69, 9.17) is 32.7 Å². The first kappa shape index (κ1) is 20.9. The molecule has 0 heterocycles. The summed E-state index contributed by atoms with van der Waals surface area (Å²) in [7, 11) is 0. The van der Waals surface area contributed by atoms with Gasteiger partial charge in [-0.2, -0.15) is 13.2 Å². The van der Waals surface area contributed by atoms with E-state index in [0.29, 0.717) is 5.02 Å². The van der Waals surface area contributed by atoms with Crippen molar-refractivity contribution in [3.8, 4) is 5.75 Å². The van der Waals surface area contributed by atoms with E-state index in [1.165, 1.54) is 18.2 Å². The largest absolute Gasteiger partial charge is 0.480 e. The molecule has 27 heavy (non-hydrogen) atoms. The molecule has 0 saturated heterocycles. The van der Waals surface area contributed by atoms with Gasteiger partial charge in [-0.3, -0.25) is 4.79 Å². The number of nitrogens with one attached hydrogen (secondary N) is 1. The number of hydrogen-bond donors (Lipinski definition) is 1. The molecule has 0 fully saturated rings. The second kappa shape index (κ2) is 8.96. The lowest BCUT2D eigenvalue weighted by molar-refractivity contribution is -0.149. The fourth-order valence-corrected chi connectivity index (χ4v) is 2.32. The summed E-state index contributed by atoms with van der Waals surface area (Å²) in [6.45, 7) is -1.12. The maximum atomic E-state index is 12.5. The van der Waals surface area contributed by atoms with Crippen molar-refractivity contribution in [1.82, 2.24) is 0 Å². The highest BCUT2D eigenvalue weighted by atomic mass is 35.5. The van der Waals surface area contributed by atoms with Crippen molar-refractivity contribution in [2.75, 3.05) is 18.5 Å². The molecule has 1 amide bonds. The molecule has 2 rings (SSSR count). The van der Waals surface area contributed by atoms with Gasteiger partial charge >= 0.3 is 12.1 Å². The lowest BCUT2D eigenvalue weighted by Crippen LogP contribution is -2.23. The van der Waals surface area contributed by atoms with E-state index in [2.05, 4.69) is 5.32 Å². The summed E-state index contributed by atoms with van der Waals surface area (Å²) < 4.78 is 47.2. The van der Waals surface area contributed by atoms with Crippen LogP contribution in [0.1, 0.15) is 5.56 Å². The first-order valence-corrected chi connectivity index (χ1v) is 8.11. The maximum Gasteiger partial charge on any atom is 0.416 e. The molecule has 0 aliphatic carbocycles. The zero-order chi connectivity index (χ0) is 20.0. The summed E-state index contributed by atoms with van der Waals surface area (Å²) in [5, 5.41) is 2.91. The van der Waals surface area contributed by atoms with Crippen LogP contribution < -0.4 is 10.1 Å². The first-order chi connectivity index (χ1) is 12.6. The summed E-state index contributed by atoms with van der Waals surface area (Å²) >= 11 is 11.6. The molecule has 10 heteroatoms. The van der Waals surface area contributed by atoms with E-state index in [-0.39, 0.29) is 16.5 Å². The number of carbonyl (C=O) groups excluding carboxylic acids is 2. The SMILES string of the molecule is O=C(COC(=O)COc1ccc(Cl)cc1Cl)Nc1ccc(C(F)(F)F)cc1. The second-order valence-corrected chi connectivity index (χ2v) is 5.99. The average molecular weight is 422 g/mol. The molecule has 0 saturated carbocycles. The standard InChI is InChI=1S/C17H12Cl2F3NO4/c18-11-3-6-14(13(19)7-11)26-9-16(25)27-8-15(24)23-12-4-1-10(2-5-12)17(20,21)22/h1-7H,8-9H2,(H,23,24). The molecule has 0 spiro atoms. The van der Waals surface area contributed by atoms with Gasteiger partial charge in [0.25, 0.3) is 5.91 Å². The van der Waals surface area contributed by atoms with Gasteiger partial charge in [0.1, 0.15) is 5.75 Å². The van der Waals surface area contributed by atoms with E-state index in [1.54, 1.807) is 0 Å². The van der Waals surface area contributed by atoms with Crippen LogP contribution in [0, 0.1) is 0 Å². The minimum Gasteiger partial charge on any atom is -0.480 e. The molecular formula is C17H12Cl2F3NO4. The predicted octanol–water partition coefficient (Wildman–Crippen LogP) is 4.57. The molecule has 2 aromatic rings. The third-order valence-electron chi connectivity index (χ3n) is 3.10. The average Bonchev–Trinajstić information content (AvgIpc) is 2.59. The van der Waals surface area contributed by atoms with Crippen LogP contribution in [-0.4, -0.2) is 25.1 Å². The number of carbonyl (C=O) groups is 2. The molecule has 0 unspecified atom stereocenters. The molecule has 144 valence electrons. The highest BCUT2D eigenvalue weighted by Gasteiger charge is 2.30. The van der Waals surface area contributed by atoms with Gasteiger partial charge in [0.2, 0.25) is 0 Å². The molecule has 1 N–H and O–H groups in total. The van der Waals surface area contributed by atoms with Crippen molar-refractivity contribution in [3.63, 3.8) is 0 Å². The topological polar surface area (TPSA) is 64.6 Å². The number of halogens is 5. The molecule has 0 aromatic heterocycles. The molecule has 0 atom stereocenters. The lowest BCUT2D eigenvalue weighted by atomic mass is 10.2. The molecule has 5 nitrogen and oxygen atoms in total. The molecule has 0 radical (unpaired) electrons. The Hall–Kier alpha value is -2.45. The van der Waals surface area contributed by atoms with Crippen molar-refractivity contribution in [1.29, 1.82) is 0 Å². The van der Waals surface area contributed by atoms with Crippen LogP contribution in [0.3, 0.4) is 0 Å². The van der Waals surface area contributed by atoms with Crippen molar-refractivity contribution in [2.24, 2.45) is 0 Å². The highest BCUT2D eigenvalue weighted by molar-refractivity contribution is 6.35. The zero-order valence-corrected chi connectivity index (χ0v) is 15.0. The Bertz CT molecular complexity index is 826. The Kier molecular flexibility index (Phi) is 6.92. The number of anilines is 1. The maximum absolute atomic E-state index is 12.5. The summed E-state index contributed by atoms with van der Waals surface area (Å²) in [5.41, 5.74) is -0.710. The van der Waals surface area contributed by atoms with Gasteiger partial charge in [0, 0.05) is 10.7 Å². The zero-order valence-electron chi connectivity index (χ0n) is 13.5. The smallest absolute Gasteiger partial charge is 0.416 e. The van der Waals surface area contributed by atoms with Crippen LogP contribution in [-0.2, 0) is 20.5 Å². The molecule has 2 aromatic carbocycles. The molecular weight excluding hydrogens is 410 g/mol. The van der Waals surface area contributed by atoms with E-state index in [9.17, 15) is 22.8 Å². The normalized spacial score (nSPS) is 11.0. The number of benzene rings is 2. The first-order valence-electron chi connectivity index (χ1n) is 7.36. The van der Waals surface area contributed by atoms with Gasteiger partial charge in [0.15, 0.2) is 13.2 Å². The van der Waals surface area contributed by atoms with E-state index >= 15 is 0 Å². The van der Waals surface area contributed by atoms with Gasteiger partial charge in [0.05, 0.1) is 10.6 Å². The third-order valence-corrected chi connectivity index (χ3v) is 3.63. The van der Waals surface area contributed by atoms with Gasteiger partial charge < -0.3 is 14.8 Å². The van der Waals surface area contributed by atoms with Gasteiger partial charge in [-0.05, 0) is 42.5 Å². The van der Waals surface area contributed by atoms with E-state index in [0.717, 1.165) is 24.3 Å². The predicted molar refractivity (Wildman–Crippen MR) is 93.0 cm³/mol. The summed E-state index contributed by atoms with van der Waals surface area (Å²) in [6, 6.07) is 8.25. The van der Waals surface area contributed by atoms with Gasteiger partial charge in [-0.15, -0.1) is 0 Å². The number of amides is 1. The van der Waals surface area contributed by atoms with Crippen LogP contribution in [0.5, 0.6) is 5.75 Å². The Labute approximate surface area is 162 Å². The van der Waals surface area contributed by atoms with Crippen LogP contribution in [0.25, 0.3) is 0 Å². The van der Waals surface area contributed by atoms with Crippen LogP contribution >= 0.6 is 23.2 Å². The number of rotatable bonds is 6. The Morgan fingerprint density at radius 2 is 1.67 bits per heavy atom. The van der Waals surface area contributed by atoms with Crippen molar-refractivity contribution >= 4 is 40.8 Å². The minimum atomic E-state index is -4.47. The summed E-state index contributed by atoms with van der Waals surface area (Å²) in [6.07, 6.45) is -4.47. The third kappa shape index (κ3) is 6.65. The fourth-order valence-electron chi connectivity index (χ4n) is 1.86. The monoisotopic (exact) mass is 421 g/mol. The minimum absolute atomic E-state index is 0.133. The van der Waals surface area contributed by atoms with Crippen LogP contribution in [0.2, 0.25) is 10.0 Å². The highest BCUT2D eigenvalue weighted by Crippen LogP contribution is 2.30. The van der Waals surface area contributed by atoms with Crippen LogP contribution in [0.4, 0.5) is 18.9 Å². The quantitative estimate of drug-likeness (QED) is 0.693. The number of ether oxygens (including phenoxy) is 2. The molecule has 0 aliphatic rings. The van der Waals surface area contributed by atoms with E-state index < -0.39 is 36.8 Å². The van der Waals surface area contributed by atoms with Gasteiger partial charge in [-0.25, -0.2) is 4.79 Å². The summed E-state index contributed by atoms with van der Waals surface area (Å²) in [4.78, 5) is 23.3. The Morgan fingerprint density at radius 3 is 2.26 bits per heavy atom. The van der Waals surface area contributed by atoms with Gasteiger partial charge in [-0.1, -0.05) is 23.2 Å². The molecule has 0 bridgehead atoms. The summed E-state index contributed by atoms with van der Waals surface area (Å²) in [5.74, 6) is -1.33. The van der Waals surface area contributed by atoms with E-state index in [1.807, 2.05) is 0 Å². The van der Waals surface area contributed by atoms with Crippen LogP contribution in [0.15, 0.2) is 42.5 Å². The Morgan fingerprint density at radius 1 is 1.00 bits per heavy atom. The lowest BCUT2D eigenvalue weighted by Gasteiger charge is -2.10. The number of esters is 1. The van der Waals surface area contributed by atoms with Crippen molar-refractivity contribution < 1.29 is 32.2 Å². The van der Waals surface area contributed by atoms with Crippen molar-refractivity contribution in [2.45, 2.75) is 6.18 Å².